The van der Waals surface area contributed by atoms with E-state index in [0.29, 0.717) is 106 Å². The highest BCUT2D eigenvalue weighted by atomic mass is 79.9. The van der Waals surface area contributed by atoms with Gasteiger partial charge in [0.15, 0.2) is 73.6 Å². The molecule has 12 aromatic heterocycles. The van der Waals surface area contributed by atoms with Crippen molar-refractivity contribution < 1.29 is 71.3 Å². The summed E-state index contributed by atoms with van der Waals surface area (Å²) in [6, 6.07) is 38.1. The van der Waals surface area contributed by atoms with Gasteiger partial charge in [0.2, 0.25) is 5.88 Å². The number of hydrogen-bond acceptors (Lipinski definition) is 27. The van der Waals surface area contributed by atoms with Gasteiger partial charge in [0.1, 0.15) is 59.7 Å². The second-order valence-electron chi connectivity index (χ2n) is 23.6. The number of methoxy groups -OCH3 is 3. The molecule has 34 heteroatoms. The summed E-state index contributed by atoms with van der Waals surface area (Å²) in [7, 11) is 4.60. The molecule has 14 rings (SSSR count). The molecule has 0 bridgehead atoms. The van der Waals surface area contributed by atoms with Gasteiger partial charge in [0, 0.05) is 152 Å². The van der Waals surface area contributed by atoms with Crippen LogP contribution in [0.1, 0.15) is 111 Å². The van der Waals surface area contributed by atoms with E-state index in [4.69, 9.17) is 66.9 Å². The second kappa shape index (κ2) is 56.2. The van der Waals surface area contributed by atoms with E-state index in [1.807, 2.05) is 64.1 Å². The van der Waals surface area contributed by atoms with Crippen LogP contribution in [0, 0.1) is 39.3 Å². The Kier molecular flexibility index (Phi) is 49.6. The quantitative estimate of drug-likeness (QED) is 0.0205. The fraction of sp³-hybridized carbons (Fsp3) is 0.189. The van der Waals surface area contributed by atoms with Crippen molar-refractivity contribution in [2.75, 3.05) is 52.8 Å². The molecule has 0 spiro atoms. The molecule has 0 aliphatic rings. The van der Waals surface area contributed by atoms with Crippen molar-refractivity contribution in [2.45, 2.75) is 79.7 Å². The molecule has 0 fully saturated rings. The largest absolute Gasteiger partial charge is 0.505 e. The fourth-order valence-corrected chi connectivity index (χ4v) is 11.4. The predicted octanol–water partition coefficient (Wildman–Crippen LogP) is 23.7. The first-order valence-corrected chi connectivity index (χ1v) is 37.3. The Hall–Kier alpha value is -12.5. The van der Waals surface area contributed by atoms with Gasteiger partial charge in [-0.1, -0.05) is 75.2 Å². The summed E-state index contributed by atoms with van der Waals surface area (Å²) in [4.78, 5) is 81.7. The second-order valence-corrected chi connectivity index (χ2v) is 26.7. The van der Waals surface area contributed by atoms with Crippen molar-refractivity contribution in [1.29, 1.82) is 0 Å². The molecule has 0 radical (unpaired) electrons. The number of carbonyl (C=O) groups excluding carboxylic acids is 3. The number of aliphatic imine (C=N–C) groups is 1. The molecule has 6 N–H and O–H groups in total. The average molecular weight is 1930 g/mol. The zero-order valence-electron chi connectivity index (χ0n) is 63.1. The molecule has 14 aromatic rings. The maximum Gasteiger partial charge on any atom is 0.215 e. The summed E-state index contributed by atoms with van der Waals surface area (Å²) in [6.45, 7) is 7.90. The number of aldehydes is 3. The molecule has 0 saturated carbocycles. The van der Waals surface area contributed by atoms with Gasteiger partial charge in [-0.3, -0.25) is 59.2 Å². The van der Waals surface area contributed by atoms with Gasteiger partial charge in [-0.25, -0.2) is 23.7 Å². The minimum absolute atomic E-state index is 0. The van der Waals surface area contributed by atoms with E-state index >= 15 is 0 Å². The van der Waals surface area contributed by atoms with Crippen molar-refractivity contribution in [1.82, 2.24) is 54.8 Å². The number of anilines is 3. The van der Waals surface area contributed by atoms with E-state index in [9.17, 15) is 33.4 Å². The number of carbonyl (C=O) groups is 3. The number of pyridine rings is 11. The number of rotatable bonds is 20. The maximum atomic E-state index is 13.4. The summed E-state index contributed by atoms with van der Waals surface area (Å²) in [5.74, 6) is 0.828. The van der Waals surface area contributed by atoms with Crippen molar-refractivity contribution in [3.8, 4) is 79.5 Å². The molecule has 0 amide bonds. The van der Waals surface area contributed by atoms with Gasteiger partial charge in [-0.15, -0.1) is 0 Å². The number of nitrogens with two attached hydrogens (primary N) is 1. The molecule has 27 nitrogen and oxygen atoms in total. The SMILES string of the molecule is C.C.C.C.C.C.C.COCOc1c(C=O)ccnc1-c1ccnc(C)c1.COCOc1c(C=O)ccnc1Br.COCOc1cccnc1Br.Cc1cc(-c2nccc(C=Nc3ccc(F)c(Cl)c3)c2O)ccn1.Cc1cc(-c2nccc(C=O)c2O)ccn1.Cc1cc(-c2nccc3c(Nc4ccc(F)c(Cl)c4)c(N)oc23)ccn1.Oc1cccnc1Br. The number of aromatic hydroxyl groups is 3. The third-order valence-corrected chi connectivity index (χ3v) is 17.7. The van der Waals surface area contributed by atoms with E-state index in [1.165, 1.54) is 69.2 Å². The van der Waals surface area contributed by atoms with E-state index < -0.39 is 11.6 Å². The Labute approximate surface area is 756 Å². The molecule has 0 aliphatic carbocycles. The summed E-state index contributed by atoms with van der Waals surface area (Å²) < 4.78 is 64.1. The summed E-state index contributed by atoms with van der Waals surface area (Å²) >= 11 is 21.0. The van der Waals surface area contributed by atoms with Crippen LogP contribution < -0.4 is 25.3 Å². The third kappa shape index (κ3) is 32.0. The first-order chi connectivity index (χ1) is 56.5. The molecule has 12 heterocycles. The molecule has 656 valence electrons. The minimum Gasteiger partial charge on any atom is -0.505 e. The lowest BCUT2D eigenvalue weighted by Crippen LogP contribution is -2.04. The Morgan fingerprint density at radius 1 is 0.444 bits per heavy atom. The molecule has 0 unspecified atom stereocenters. The summed E-state index contributed by atoms with van der Waals surface area (Å²) in [6.07, 6.45) is 21.4. The Morgan fingerprint density at radius 2 is 0.847 bits per heavy atom. The highest BCUT2D eigenvalue weighted by molar-refractivity contribution is 9.11. The lowest BCUT2D eigenvalue weighted by atomic mass is 10.1. The van der Waals surface area contributed by atoms with E-state index in [0.717, 1.165) is 56.7 Å². The number of ether oxygens (including phenoxy) is 6. The predicted molar refractivity (Wildman–Crippen MR) is 498 cm³/mol. The van der Waals surface area contributed by atoms with E-state index in [2.05, 4.69) is 113 Å². The molecule has 0 saturated heterocycles. The highest BCUT2D eigenvalue weighted by Crippen LogP contribution is 2.40. The Morgan fingerprint density at radius 3 is 1.32 bits per heavy atom. The number of nitrogens with one attached hydrogen (secondary N) is 1. The normalized spacial score (nSPS) is 9.79. The zero-order chi connectivity index (χ0) is 84.3. The topological polar surface area (TPSA) is 373 Å². The monoisotopic (exact) mass is 1930 g/mol. The van der Waals surface area contributed by atoms with E-state index in [-0.39, 0.29) is 111 Å². The number of furan rings is 1. The number of halogens is 7. The van der Waals surface area contributed by atoms with Crippen molar-refractivity contribution in [2.24, 2.45) is 4.99 Å². The van der Waals surface area contributed by atoms with Crippen LogP contribution in [-0.4, -0.2) is 137 Å². The summed E-state index contributed by atoms with van der Waals surface area (Å²) in [5.41, 5.74) is 18.7. The highest BCUT2D eigenvalue weighted by Gasteiger charge is 2.20. The first kappa shape index (κ1) is 109. The lowest BCUT2D eigenvalue weighted by molar-refractivity contribution is 0.0496. The van der Waals surface area contributed by atoms with Gasteiger partial charge >= 0.3 is 0 Å². The van der Waals surface area contributed by atoms with Crippen LogP contribution in [-0.2, 0) is 14.2 Å². The van der Waals surface area contributed by atoms with Crippen LogP contribution in [0.3, 0.4) is 0 Å². The molecule has 0 atom stereocenters. The van der Waals surface area contributed by atoms with Crippen LogP contribution in [0.25, 0.3) is 56.0 Å². The van der Waals surface area contributed by atoms with Gasteiger partial charge < -0.3 is 59.2 Å². The van der Waals surface area contributed by atoms with Crippen LogP contribution >= 0.6 is 71.0 Å². The minimum atomic E-state index is -0.502. The van der Waals surface area contributed by atoms with Crippen LogP contribution in [0.5, 0.6) is 34.5 Å². The number of fused-ring (bicyclic) bond motifs is 1. The fourth-order valence-electron chi connectivity index (χ4n) is 9.94. The van der Waals surface area contributed by atoms with E-state index in [1.54, 1.807) is 130 Å². The molecule has 2 aromatic carbocycles. The van der Waals surface area contributed by atoms with Gasteiger partial charge in [0.25, 0.3) is 0 Å². The maximum absolute atomic E-state index is 13.4. The van der Waals surface area contributed by atoms with Gasteiger partial charge in [-0.05, 0) is 215 Å². The van der Waals surface area contributed by atoms with Crippen LogP contribution in [0.2, 0.25) is 10.0 Å². The number of benzene rings is 2. The van der Waals surface area contributed by atoms with Crippen LogP contribution in [0.4, 0.5) is 31.7 Å². The molecular weight excluding hydrogens is 1830 g/mol. The van der Waals surface area contributed by atoms with Gasteiger partial charge in [0.05, 0.1) is 37.8 Å². The Bertz CT molecular complexity index is 5720. The smallest absolute Gasteiger partial charge is 0.215 e. The van der Waals surface area contributed by atoms with Crippen molar-refractivity contribution in [3.63, 3.8) is 0 Å². The zero-order valence-corrected chi connectivity index (χ0v) is 69.3. The molecular formula is C90H99Br3Cl2F2N14O13. The number of hydrogen-bond donors (Lipinski definition) is 5. The lowest BCUT2D eigenvalue weighted by Gasteiger charge is -2.12. The number of aromatic nitrogens is 11. The van der Waals surface area contributed by atoms with Crippen molar-refractivity contribution in [3.05, 3.63) is 288 Å². The van der Waals surface area contributed by atoms with Crippen LogP contribution in [0.15, 0.2) is 231 Å². The summed E-state index contributed by atoms with van der Waals surface area (Å²) in [5, 5.41) is 33.0. The first-order valence-electron chi connectivity index (χ1n) is 34.2. The molecule has 124 heavy (non-hydrogen) atoms. The number of aryl methyl sites for hydroxylation is 4. The number of nitrogen functional groups attached to an aromatic ring is 1. The van der Waals surface area contributed by atoms with Gasteiger partial charge in [-0.2, -0.15) is 0 Å². The van der Waals surface area contributed by atoms with Crippen molar-refractivity contribution >= 4 is 130 Å². The number of nitrogens with zero attached hydrogens (tertiary/aromatic N) is 12. The average Bonchev–Trinajstić information content (AvgIpc) is 1.62. The Balaban J connectivity index is 0.000000736. The molecule has 0 aliphatic heterocycles. The standard InChI is InChI=1S/C19H14ClFN4O.C18H13ClFN3O.C14H14N2O3.C12H10N2O2.C8H8BrNO3.C7H8BrNO2.C5H4BrNO.7CH4/c1-10-8-11(4-6-23-10)16-18-13(5-7-24-16)17(19(22)26-18)25-12-2-3-15(21)14(20)9-12;1-11-8-12(4-6-21-11)17-18(24)13(5-7-22-17)10-23-14-2-3-16(20)15(19)9-14;1-10-7-11(3-5-15-10)13-14(19-9-18-2)12(8-17)4-6-16-13;1-8-6-9(2-4-13-8)11-12(16)10(7-15)3-5-14-11;1-12-5-13-7-6(4-11)2-3-10-8(7)9;1-10-5-11-6-3-2-4-9-7(6)8;6-5-4(8)2-1-3-7-5;;;;;;;/h2-9,25H,22H2,1H3;2-10,24H,1H3;3-8H,9H2,1-2H3;2-7,16H,1H3;2-4H,5H2,1H3;2-4H,5H2,1H3;1-3,8H;7*1H4. The third-order valence-electron chi connectivity index (χ3n) is 15.3.